The number of methoxy groups -OCH3 is 3. The van der Waals surface area contributed by atoms with Gasteiger partial charge in [0, 0.05) is 24.4 Å². The van der Waals surface area contributed by atoms with E-state index in [1.54, 1.807) is 21.3 Å². The van der Waals surface area contributed by atoms with Gasteiger partial charge in [-0.2, -0.15) is 0 Å². The summed E-state index contributed by atoms with van der Waals surface area (Å²) in [5.74, 6) is 2.90. The molecule has 0 radical (unpaired) electrons. The molecular formula is C18H22N4O3. The number of nitrogens with zero attached hydrogens (tertiary/aromatic N) is 3. The van der Waals surface area contributed by atoms with Crippen molar-refractivity contribution in [3.8, 4) is 17.2 Å². The van der Waals surface area contributed by atoms with Crippen LogP contribution in [0.3, 0.4) is 0 Å². The molecule has 0 saturated heterocycles. The molecule has 1 N–H and O–H groups in total. The van der Waals surface area contributed by atoms with Crippen molar-refractivity contribution in [2.45, 2.75) is 19.5 Å². The second-order valence-electron chi connectivity index (χ2n) is 5.61. The van der Waals surface area contributed by atoms with Gasteiger partial charge >= 0.3 is 0 Å². The molecular weight excluding hydrogens is 320 g/mol. The van der Waals surface area contributed by atoms with Gasteiger partial charge in [-0.3, -0.25) is 4.40 Å². The highest BCUT2D eigenvalue weighted by Gasteiger charge is 2.16. The monoisotopic (exact) mass is 342 g/mol. The molecule has 25 heavy (non-hydrogen) atoms. The van der Waals surface area contributed by atoms with E-state index >= 15 is 0 Å². The maximum Gasteiger partial charge on any atom is 0.164 e. The van der Waals surface area contributed by atoms with Gasteiger partial charge in [-0.05, 0) is 25.1 Å². The van der Waals surface area contributed by atoms with E-state index in [0.29, 0.717) is 18.0 Å². The fourth-order valence-electron chi connectivity index (χ4n) is 2.74. The first-order valence-corrected chi connectivity index (χ1v) is 7.99. The van der Waals surface area contributed by atoms with E-state index in [1.807, 2.05) is 40.9 Å². The molecule has 0 spiro atoms. The number of rotatable bonds is 7. The van der Waals surface area contributed by atoms with Crippen molar-refractivity contribution < 1.29 is 14.2 Å². The smallest absolute Gasteiger partial charge is 0.164 e. The number of pyridine rings is 1. The Morgan fingerprint density at radius 3 is 2.44 bits per heavy atom. The summed E-state index contributed by atoms with van der Waals surface area (Å²) in [6.45, 7) is 2.64. The molecule has 1 unspecified atom stereocenters. The average molecular weight is 342 g/mol. The van der Waals surface area contributed by atoms with Crippen molar-refractivity contribution in [1.29, 1.82) is 0 Å². The minimum absolute atomic E-state index is 0.00945. The molecule has 0 bridgehead atoms. The van der Waals surface area contributed by atoms with E-state index in [4.69, 9.17) is 14.2 Å². The Labute approximate surface area is 146 Å². The molecule has 0 saturated carbocycles. The molecule has 132 valence electrons. The number of aromatic nitrogens is 3. The van der Waals surface area contributed by atoms with Crippen molar-refractivity contribution in [3.05, 3.63) is 47.9 Å². The van der Waals surface area contributed by atoms with E-state index in [9.17, 15) is 0 Å². The summed E-state index contributed by atoms with van der Waals surface area (Å²) in [6.07, 6.45) is 1.96. The zero-order valence-electron chi connectivity index (χ0n) is 14.8. The topological polar surface area (TPSA) is 69.9 Å². The minimum atomic E-state index is 0.00945. The van der Waals surface area contributed by atoms with Crippen LogP contribution in [0, 0.1) is 0 Å². The third-order valence-electron chi connectivity index (χ3n) is 4.11. The standard InChI is InChI=1S/C18H22N4O3/c1-12(18-21-20-17-7-5-6-8-22(17)18)19-11-13-9-15(24-3)16(25-4)10-14(13)23-2/h5-10,12,19H,11H2,1-4H3. The van der Waals surface area contributed by atoms with Crippen LogP contribution in [0.2, 0.25) is 0 Å². The Balaban J connectivity index is 1.81. The molecule has 1 aromatic carbocycles. The van der Waals surface area contributed by atoms with Crippen LogP contribution >= 0.6 is 0 Å². The van der Waals surface area contributed by atoms with Crippen LogP contribution in [0.4, 0.5) is 0 Å². The van der Waals surface area contributed by atoms with Crippen LogP contribution < -0.4 is 19.5 Å². The average Bonchev–Trinajstić information content (AvgIpc) is 3.09. The Bertz CT molecular complexity index is 863. The maximum atomic E-state index is 5.47. The van der Waals surface area contributed by atoms with E-state index in [-0.39, 0.29) is 6.04 Å². The first-order valence-electron chi connectivity index (χ1n) is 7.99. The summed E-state index contributed by atoms with van der Waals surface area (Å²) >= 11 is 0. The fraction of sp³-hybridized carbons (Fsp3) is 0.333. The predicted molar refractivity (Wildman–Crippen MR) is 94.3 cm³/mol. The summed E-state index contributed by atoms with van der Waals surface area (Å²) in [5.41, 5.74) is 1.80. The number of hydrogen-bond donors (Lipinski definition) is 1. The van der Waals surface area contributed by atoms with Crippen LogP contribution in [-0.4, -0.2) is 35.9 Å². The van der Waals surface area contributed by atoms with E-state index in [2.05, 4.69) is 22.4 Å². The summed E-state index contributed by atoms with van der Waals surface area (Å²) < 4.78 is 18.1. The van der Waals surface area contributed by atoms with Gasteiger partial charge in [0.15, 0.2) is 23.0 Å². The van der Waals surface area contributed by atoms with E-state index in [1.165, 1.54) is 0 Å². The Morgan fingerprint density at radius 2 is 1.72 bits per heavy atom. The lowest BCUT2D eigenvalue weighted by Gasteiger charge is -2.17. The van der Waals surface area contributed by atoms with Crippen LogP contribution in [0.25, 0.3) is 5.65 Å². The number of ether oxygens (including phenoxy) is 3. The van der Waals surface area contributed by atoms with Gasteiger partial charge in [0.1, 0.15) is 5.75 Å². The van der Waals surface area contributed by atoms with Crippen molar-refractivity contribution in [3.63, 3.8) is 0 Å². The first-order chi connectivity index (χ1) is 12.2. The van der Waals surface area contributed by atoms with Gasteiger partial charge in [-0.25, -0.2) is 0 Å². The van der Waals surface area contributed by atoms with Gasteiger partial charge in [0.2, 0.25) is 0 Å². The highest BCUT2D eigenvalue weighted by Crippen LogP contribution is 2.34. The maximum absolute atomic E-state index is 5.47. The lowest BCUT2D eigenvalue weighted by molar-refractivity contribution is 0.346. The lowest BCUT2D eigenvalue weighted by atomic mass is 10.1. The molecule has 0 aliphatic heterocycles. The largest absolute Gasteiger partial charge is 0.496 e. The first kappa shape index (κ1) is 17.0. The summed E-state index contributed by atoms with van der Waals surface area (Å²) in [5, 5.41) is 11.9. The molecule has 3 rings (SSSR count). The van der Waals surface area contributed by atoms with Crippen molar-refractivity contribution in [2.24, 2.45) is 0 Å². The number of hydrogen-bond acceptors (Lipinski definition) is 6. The number of fused-ring (bicyclic) bond motifs is 1. The highest BCUT2D eigenvalue weighted by molar-refractivity contribution is 5.50. The second kappa shape index (κ2) is 7.40. The molecule has 0 aliphatic carbocycles. The summed E-state index contributed by atoms with van der Waals surface area (Å²) in [7, 11) is 4.86. The van der Waals surface area contributed by atoms with Gasteiger partial charge in [-0.1, -0.05) is 6.07 Å². The molecule has 1 atom stereocenters. The zero-order chi connectivity index (χ0) is 17.8. The SMILES string of the molecule is COc1cc(OC)c(OC)cc1CNC(C)c1nnc2ccccn12. The normalized spacial score (nSPS) is 12.2. The molecule has 7 heteroatoms. The van der Waals surface area contributed by atoms with Crippen molar-refractivity contribution in [1.82, 2.24) is 19.9 Å². The molecule has 2 aromatic heterocycles. The van der Waals surface area contributed by atoms with Crippen LogP contribution in [0.15, 0.2) is 36.5 Å². The molecule has 0 fully saturated rings. The Morgan fingerprint density at radius 1 is 1.00 bits per heavy atom. The van der Waals surface area contributed by atoms with E-state index in [0.717, 1.165) is 22.8 Å². The second-order valence-corrected chi connectivity index (χ2v) is 5.61. The third kappa shape index (κ3) is 3.36. The highest BCUT2D eigenvalue weighted by atomic mass is 16.5. The van der Waals surface area contributed by atoms with E-state index < -0.39 is 0 Å². The Kier molecular flexibility index (Phi) is 5.04. The lowest BCUT2D eigenvalue weighted by Crippen LogP contribution is -2.20. The number of benzene rings is 1. The predicted octanol–water partition coefficient (Wildman–Crippen LogP) is 2.61. The Hall–Kier alpha value is -2.80. The van der Waals surface area contributed by atoms with Crippen LogP contribution in [-0.2, 0) is 6.54 Å². The fourth-order valence-corrected chi connectivity index (χ4v) is 2.74. The zero-order valence-corrected chi connectivity index (χ0v) is 14.8. The van der Waals surface area contributed by atoms with Crippen molar-refractivity contribution >= 4 is 5.65 Å². The number of nitrogens with one attached hydrogen (secondary N) is 1. The van der Waals surface area contributed by atoms with Gasteiger partial charge in [-0.15, -0.1) is 10.2 Å². The van der Waals surface area contributed by atoms with Crippen LogP contribution in [0.1, 0.15) is 24.4 Å². The van der Waals surface area contributed by atoms with Crippen molar-refractivity contribution in [2.75, 3.05) is 21.3 Å². The molecule has 0 aliphatic rings. The molecule has 3 aromatic rings. The third-order valence-corrected chi connectivity index (χ3v) is 4.11. The molecule has 0 amide bonds. The summed E-state index contributed by atoms with van der Waals surface area (Å²) in [4.78, 5) is 0. The summed E-state index contributed by atoms with van der Waals surface area (Å²) in [6, 6.07) is 9.59. The quantitative estimate of drug-likeness (QED) is 0.712. The van der Waals surface area contributed by atoms with Gasteiger partial charge in [0.25, 0.3) is 0 Å². The van der Waals surface area contributed by atoms with Crippen LogP contribution in [0.5, 0.6) is 17.2 Å². The minimum Gasteiger partial charge on any atom is -0.496 e. The molecule has 7 nitrogen and oxygen atoms in total. The van der Waals surface area contributed by atoms with Gasteiger partial charge in [0.05, 0.1) is 27.4 Å². The van der Waals surface area contributed by atoms with Gasteiger partial charge < -0.3 is 19.5 Å². The molecule has 2 heterocycles.